The molecule has 3 aromatic heterocycles. The van der Waals surface area contributed by atoms with Crippen LogP contribution in [0, 0.1) is 18.2 Å². The largest absolute Gasteiger partial charge is 3.00 e. The van der Waals surface area contributed by atoms with Crippen LogP contribution in [-0.2, 0) is 69.7 Å². The first-order valence-electron chi connectivity index (χ1n) is 37.5. The van der Waals surface area contributed by atoms with Crippen molar-refractivity contribution in [2.45, 2.75) is 258 Å². The molecule has 6 heterocycles. The molecule has 3 saturated heterocycles. The Morgan fingerprint density at radius 2 is 0.577 bits per heavy atom. The number of aromatic nitrogens is 3. The van der Waals surface area contributed by atoms with Gasteiger partial charge in [-0.25, -0.2) is 0 Å². The maximum Gasteiger partial charge on any atom is 3.00 e. The summed E-state index contributed by atoms with van der Waals surface area (Å²) in [4.78, 5) is 15.0. The number of benzene rings is 6. The van der Waals surface area contributed by atoms with Gasteiger partial charge in [-0.15, -0.1) is 71.3 Å². The van der Waals surface area contributed by atoms with Crippen molar-refractivity contribution in [1.82, 2.24) is 15.0 Å². The van der Waals surface area contributed by atoms with Crippen LogP contribution in [0.3, 0.4) is 0 Å². The molecule has 0 radical (unpaired) electrons. The minimum atomic E-state index is -0.685. The van der Waals surface area contributed by atoms with E-state index in [4.69, 9.17) is 42.9 Å². The number of hydrogen-bond acceptors (Lipinski definition) is 9. The predicted molar refractivity (Wildman–Crippen MR) is 426 cm³/mol. The maximum atomic E-state index is 7.16. The van der Waals surface area contributed by atoms with Gasteiger partial charge >= 0.3 is 41.5 Å². The molecule has 104 heavy (non-hydrogen) atoms. The molecular weight excluding hydrogens is 1460 g/mol. The van der Waals surface area contributed by atoms with Crippen LogP contribution in [0.15, 0.2) is 158 Å². The summed E-state index contributed by atoms with van der Waals surface area (Å²) in [6.45, 7) is 52.8. The molecule has 9 nitrogen and oxygen atoms in total. The van der Waals surface area contributed by atoms with E-state index in [1.807, 2.05) is 18.6 Å². The van der Waals surface area contributed by atoms with E-state index >= 15 is 0 Å². The average Bonchev–Trinajstić information content (AvgIpc) is 1.64. The third kappa shape index (κ3) is 14.9. The third-order valence-corrected chi connectivity index (χ3v) is 23.9. The minimum Gasteiger partial charge on any atom is -0.400 e. The SMILES string of the molecule is CC(C)(C)c1ccnc(-c2[c-]cc(-c3ccccc3C3CC(c4ccccc4-c4c[c-]c(-c5cc(C(C)(C)C)ccn5)cc4B4OC(C)(C)C(C)(C)O4)CC(c4ccc(C(C)(C)C)cc4-c4c[c-]c(-c5cc(C(C)(C)C)ccn5)cc4B4OC(C)(C)C(C)(C)O4)C3)c(B3OC(C)(C)C(C)(C)O3)c2)c1.[Ir+3]. The van der Waals surface area contributed by atoms with Gasteiger partial charge < -0.3 is 42.9 Å². The Morgan fingerprint density at radius 1 is 0.317 bits per heavy atom. The van der Waals surface area contributed by atoms with Crippen molar-refractivity contribution in [3.63, 3.8) is 0 Å². The molecule has 13 rings (SSSR count). The summed E-state index contributed by atoms with van der Waals surface area (Å²) < 4.78 is 42.7. The number of hydrogen-bond donors (Lipinski definition) is 0. The second kappa shape index (κ2) is 27.6. The zero-order valence-corrected chi connectivity index (χ0v) is 68.6. The molecule has 9 aromatic rings. The molecule has 0 spiro atoms. The molecule has 1 saturated carbocycles. The third-order valence-electron chi connectivity index (χ3n) is 23.9. The maximum absolute atomic E-state index is 7.16. The monoisotopic (exact) mass is 1560 g/mol. The quantitative estimate of drug-likeness (QED) is 0.0876. The smallest absolute Gasteiger partial charge is 0.400 e. The summed E-state index contributed by atoms with van der Waals surface area (Å²) in [5, 5.41) is 0. The zero-order chi connectivity index (χ0) is 74.2. The van der Waals surface area contributed by atoms with Crippen LogP contribution >= 0.6 is 0 Å². The summed E-state index contributed by atoms with van der Waals surface area (Å²) in [7, 11) is -2.03. The van der Waals surface area contributed by atoms with Gasteiger partial charge in [-0.1, -0.05) is 218 Å². The number of nitrogens with zero attached hydrogens (tertiary/aromatic N) is 3. The Morgan fingerprint density at radius 3 is 0.865 bits per heavy atom. The molecule has 1 aliphatic carbocycles. The van der Waals surface area contributed by atoms with Crippen molar-refractivity contribution < 1.29 is 48.0 Å². The summed E-state index contributed by atoms with van der Waals surface area (Å²) >= 11 is 0. The van der Waals surface area contributed by atoms with Crippen LogP contribution in [0.4, 0.5) is 0 Å². The standard InChI is InChI=1S/C91H107B3N3O6.Ir/c1-82(2,3)63-36-40-69(75(53-63)74-39-35-59(81-56-66(43-46-97-81)85(10,11)12)52-78(74)94-102-90(21,22)91(23,24)103-94)62-48-60(67-29-25-27-31-70(67)72-37-33-57(79-54-64(41-44-95-79)83(4,5)6)50-76(72)92-98-86(13,14)87(15,16)99-92)47-61(49-62)68-30-26-28-32-71(68)73-38-34-58(80-55-65(42-45-96-80)84(7,8)9)51-77(73)93-100-88(17,18)89(19,20)101-93;/h25-32,36-46,50-56,60-62H,47-49H2,1-24H3;/q-3;+3. The molecule has 0 bridgehead atoms. The Labute approximate surface area is 637 Å². The summed E-state index contributed by atoms with van der Waals surface area (Å²) in [6, 6.07) is 63.2. The van der Waals surface area contributed by atoms with Gasteiger partial charge in [0.05, 0.1) is 33.6 Å². The molecule has 4 aliphatic rings. The number of rotatable bonds is 12. The van der Waals surface area contributed by atoms with Gasteiger partial charge in [0, 0.05) is 18.6 Å². The first-order chi connectivity index (χ1) is 48.0. The van der Waals surface area contributed by atoms with Crippen molar-refractivity contribution in [1.29, 1.82) is 0 Å². The number of pyridine rings is 3. The fraction of sp³-hybridized carbons (Fsp3) is 0.440. The topological polar surface area (TPSA) is 94.1 Å². The van der Waals surface area contributed by atoms with E-state index in [0.717, 1.165) is 103 Å². The van der Waals surface area contributed by atoms with E-state index in [1.54, 1.807) is 0 Å². The molecule has 6 aromatic carbocycles. The summed E-state index contributed by atoms with van der Waals surface area (Å²) in [5.74, 6) is 0.101. The molecule has 3 aliphatic heterocycles. The van der Waals surface area contributed by atoms with Crippen LogP contribution < -0.4 is 16.4 Å². The first kappa shape index (κ1) is 77.0. The van der Waals surface area contributed by atoms with Crippen molar-refractivity contribution in [2.24, 2.45) is 0 Å². The van der Waals surface area contributed by atoms with Crippen LogP contribution in [0.5, 0.6) is 0 Å². The Hall–Kier alpha value is -6.63. The molecule has 2 unspecified atom stereocenters. The van der Waals surface area contributed by atoms with Crippen molar-refractivity contribution in [3.8, 4) is 67.2 Å². The molecule has 0 N–H and O–H groups in total. The zero-order valence-electron chi connectivity index (χ0n) is 66.2. The predicted octanol–water partition coefficient (Wildman–Crippen LogP) is 20.2. The van der Waals surface area contributed by atoms with Crippen molar-refractivity contribution in [3.05, 3.63) is 215 Å². The van der Waals surface area contributed by atoms with Crippen LogP contribution in [0.1, 0.15) is 242 Å². The van der Waals surface area contributed by atoms with E-state index in [9.17, 15) is 0 Å². The fourth-order valence-corrected chi connectivity index (χ4v) is 15.2. The second-order valence-corrected chi connectivity index (χ2v) is 37.0. The Balaban J connectivity index is 0.0000102. The van der Waals surface area contributed by atoms with Crippen molar-refractivity contribution in [2.75, 3.05) is 0 Å². The normalized spacial score (nSPS) is 20.6. The molecule has 540 valence electrons. The fourth-order valence-electron chi connectivity index (χ4n) is 15.2. The Bertz CT molecular complexity index is 4460. The molecular formula is C91H107B3IrN3O6. The first-order valence-corrected chi connectivity index (χ1v) is 37.5. The van der Waals surface area contributed by atoms with Gasteiger partial charge in [-0.3, -0.25) is 0 Å². The summed E-state index contributed by atoms with van der Waals surface area (Å²) in [6.07, 6.45) is 8.34. The molecule has 13 heteroatoms. The van der Waals surface area contributed by atoms with E-state index in [-0.39, 0.29) is 59.5 Å². The second-order valence-electron chi connectivity index (χ2n) is 37.0. The van der Waals surface area contributed by atoms with Crippen LogP contribution in [-0.4, -0.2) is 69.9 Å². The van der Waals surface area contributed by atoms with Gasteiger partial charge in [0.2, 0.25) is 0 Å². The Kier molecular flexibility index (Phi) is 20.4. The van der Waals surface area contributed by atoms with Gasteiger partial charge in [-0.05, 0) is 216 Å². The summed E-state index contributed by atoms with van der Waals surface area (Å²) in [5.41, 5.74) is 19.1. The van der Waals surface area contributed by atoms with Crippen LogP contribution in [0.2, 0.25) is 0 Å². The van der Waals surface area contributed by atoms with E-state index < -0.39 is 55.0 Å². The van der Waals surface area contributed by atoms with Gasteiger partial charge in [0.15, 0.2) is 0 Å². The van der Waals surface area contributed by atoms with E-state index in [0.29, 0.717) is 0 Å². The van der Waals surface area contributed by atoms with Crippen LogP contribution in [0.25, 0.3) is 67.2 Å². The van der Waals surface area contributed by atoms with E-state index in [2.05, 4.69) is 324 Å². The van der Waals surface area contributed by atoms with E-state index in [1.165, 1.54) is 38.9 Å². The minimum absolute atomic E-state index is 0. The van der Waals surface area contributed by atoms with Gasteiger partial charge in [-0.2, -0.15) is 0 Å². The van der Waals surface area contributed by atoms with Gasteiger partial charge in [0.25, 0.3) is 0 Å². The molecule has 4 fully saturated rings. The average molecular weight is 1560 g/mol. The van der Waals surface area contributed by atoms with Crippen molar-refractivity contribution >= 4 is 37.7 Å². The molecule has 2 atom stereocenters. The van der Waals surface area contributed by atoms with Gasteiger partial charge in [0.1, 0.15) is 0 Å². The molecule has 0 amide bonds.